The van der Waals surface area contributed by atoms with Gasteiger partial charge in [0.05, 0.1) is 11.8 Å². The zero-order valence-electron chi connectivity index (χ0n) is 9.13. The van der Waals surface area contributed by atoms with Crippen molar-refractivity contribution in [2.45, 2.75) is 13.5 Å². The molecule has 0 aliphatic heterocycles. The first-order valence-corrected chi connectivity index (χ1v) is 5.65. The van der Waals surface area contributed by atoms with Crippen LogP contribution in [0.2, 0.25) is 0 Å². The molecule has 15 heavy (non-hydrogen) atoms. The van der Waals surface area contributed by atoms with Crippen molar-refractivity contribution in [2.75, 3.05) is 14.2 Å². The second-order valence-electron chi connectivity index (χ2n) is 3.45. The molecule has 0 bridgehead atoms. The molecule has 0 aliphatic rings. The second kappa shape index (κ2) is 4.16. The molecule has 0 saturated heterocycles. The Morgan fingerprint density at radius 3 is 2.93 bits per heavy atom. The second-order valence-corrected chi connectivity index (χ2v) is 4.57. The smallest absolute Gasteiger partial charge is 0.146 e. The molecule has 1 N–H and O–H groups in total. The normalized spacial score (nSPS) is 10.9. The minimum atomic E-state index is 0.807. The monoisotopic (exact) mass is 222 g/mol. The highest BCUT2D eigenvalue weighted by Crippen LogP contribution is 2.31. The Hall–Kier alpha value is -1.13. The number of nitrogens with one attached hydrogen (secondary N) is 1. The van der Waals surface area contributed by atoms with Gasteiger partial charge in [-0.1, -0.05) is 0 Å². The summed E-state index contributed by atoms with van der Waals surface area (Å²) in [5.74, 6) is 0.864. The predicted molar refractivity (Wildman–Crippen MR) is 63.7 cm³/mol. The lowest BCUT2D eigenvalue weighted by atomic mass is 10.2. The summed E-state index contributed by atoms with van der Waals surface area (Å²) >= 11 is 1.71. The number of benzene rings is 1. The van der Waals surface area contributed by atoms with Crippen LogP contribution in [0.25, 0.3) is 10.2 Å². The molecule has 0 fully saturated rings. The van der Waals surface area contributed by atoms with E-state index in [0.717, 1.165) is 22.8 Å². The third kappa shape index (κ3) is 1.96. The first-order valence-electron chi connectivity index (χ1n) is 4.83. The zero-order chi connectivity index (χ0) is 10.8. The number of methoxy groups -OCH3 is 1. The van der Waals surface area contributed by atoms with Gasteiger partial charge in [0.2, 0.25) is 0 Å². The van der Waals surface area contributed by atoms with E-state index in [9.17, 15) is 0 Å². The summed E-state index contributed by atoms with van der Waals surface area (Å²) in [6, 6.07) is 4.17. The molecule has 0 unspecified atom stereocenters. The Balaban J connectivity index is 2.58. The van der Waals surface area contributed by atoms with E-state index in [0.29, 0.717) is 0 Å². The molecule has 0 spiro atoms. The number of ether oxygens (including phenoxy) is 1. The van der Waals surface area contributed by atoms with Crippen molar-refractivity contribution in [2.24, 2.45) is 0 Å². The fraction of sp³-hybridized carbons (Fsp3) is 0.364. The van der Waals surface area contributed by atoms with E-state index in [1.807, 2.05) is 13.1 Å². The van der Waals surface area contributed by atoms with Gasteiger partial charge in [-0.05, 0) is 31.7 Å². The topological polar surface area (TPSA) is 34.2 Å². The fourth-order valence-electron chi connectivity index (χ4n) is 1.56. The van der Waals surface area contributed by atoms with E-state index in [1.165, 1.54) is 10.3 Å². The molecule has 4 heteroatoms. The highest BCUT2D eigenvalue weighted by molar-refractivity contribution is 7.18. The van der Waals surface area contributed by atoms with Crippen LogP contribution < -0.4 is 10.1 Å². The van der Waals surface area contributed by atoms with Crippen LogP contribution in [0.4, 0.5) is 0 Å². The maximum absolute atomic E-state index is 5.32. The lowest BCUT2D eigenvalue weighted by molar-refractivity contribution is 0.418. The summed E-state index contributed by atoms with van der Waals surface area (Å²) in [5.41, 5.74) is 2.18. The average molecular weight is 222 g/mol. The number of aryl methyl sites for hydroxylation is 1. The number of hydrogen-bond donors (Lipinski definition) is 1. The quantitative estimate of drug-likeness (QED) is 0.865. The Labute approximate surface area is 93.1 Å². The third-order valence-electron chi connectivity index (χ3n) is 2.20. The molecule has 0 amide bonds. The predicted octanol–water partition coefficient (Wildman–Crippen LogP) is 2.33. The van der Waals surface area contributed by atoms with Gasteiger partial charge in [0, 0.05) is 6.54 Å². The zero-order valence-corrected chi connectivity index (χ0v) is 9.94. The molecule has 0 saturated carbocycles. The number of aromatic nitrogens is 1. The van der Waals surface area contributed by atoms with E-state index >= 15 is 0 Å². The molecule has 0 atom stereocenters. The standard InChI is InChI=1S/C11H14N2OS/c1-7-4-8(14-3)11-9(5-7)15-10(13-11)6-12-2/h4-5,12H,6H2,1-3H3. The molecule has 80 valence electrons. The number of thiazole rings is 1. The fourth-order valence-corrected chi connectivity index (χ4v) is 2.65. The molecular formula is C11H14N2OS. The van der Waals surface area contributed by atoms with Crippen molar-refractivity contribution >= 4 is 21.6 Å². The summed E-state index contributed by atoms with van der Waals surface area (Å²) in [4.78, 5) is 4.55. The molecule has 1 aromatic carbocycles. The van der Waals surface area contributed by atoms with Crippen molar-refractivity contribution in [1.29, 1.82) is 0 Å². The van der Waals surface area contributed by atoms with Gasteiger partial charge in [0.1, 0.15) is 16.3 Å². The molecule has 2 aromatic rings. The molecule has 1 aromatic heterocycles. The minimum absolute atomic E-state index is 0.807. The summed E-state index contributed by atoms with van der Waals surface area (Å²) in [5, 5.41) is 4.20. The maximum atomic E-state index is 5.32. The van der Waals surface area contributed by atoms with Crippen LogP contribution in [-0.4, -0.2) is 19.1 Å². The van der Waals surface area contributed by atoms with Gasteiger partial charge in [0.25, 0.3) is 0 Å². The molecule has 0 radical (unpaired) electrons. The van der Waals surface area contributed by atoms with Gasteiger partial charge in [-0.3, -0.25) is 0 Å². The van der Waals surface area contributed by atoms with Gasteiger partial charge >= 0.3 is 0 Å². The van der Waals surface area contributed by atoms with Crippen LogP contribution in [0.1, 0.15) is 10.6 Å². The van der Waals surface area contributed by atoms with Gasteiger partial charge in [-0.25, -0.2) is 4.98 Å². The first kappa shape index (κ1) is 10.4. The molecular weight excluding hydrogens is 208 g/mol. The van der Waals surface area contributed by atoms with E-state index in [1.54, 1.807) is 18.4 Å². The van der Waals surface area contributed by atoms with Gasteiger partial charge in [0.15, 0.2) is 0 Å². The molecule has 2 rings (SSSR count). The Morgan fingerprint density at radius 1 is 1.47 bits per heavy atom. The molecule has 1 heterocycles. The van der Waals surface area contributed by atoms with Crippen molar-refractivity contribution < 1.29 is 4.74 Å². The van der Waals surface area contributed by atoms with Crippen LogP contribution in [-0.2, 0) is 6.54 Å². The summed E-state index contributed by atoms with van der Waals surface area (Å²) in [7, 11) is 3.61. The molecule has 3 nitrogen and oxygen atoms in total. The third-order valence-corrected chi connectivity index (χ3v) is 3.20. The van der Waals surface area contributed by atoms with E-state index < -0.39 is 0 Å². The lowest BCUT2D eigenvalue weighted by Crippen LogP contribution is -2.03. The Morgan fingerprint density at radius 2 is 2.27 bits per heavy atom. The minimum Gasteiger partial charge on any atom is -0.494 e. The lowest BCUT2D eigenvalue weighted by Gasteiger charge is -2.01. The van der Waals surface area contributed by atoms with Crippen molar-refractivity contribution in [1.82, 2.24) is 10.3 Å². The van der Waals surface area contributed by atoms with E-state index in [2.05, 4.69) is 23.3 Å². The van der Waals surface area contributed by atoms with Gasteiger partial charge < -0.3 is 10.1 Å². The van der Waals surface area contributed by atoms with Crippen LogP contribution in [0.15, 0.2) is 12.1 Å². The summed E-state index contributed by atoms with van der Waals surface area (Å²) < 4.78 is 6.52. The van der Waals surface area contributed by atoms with Crippen molar-refractivity contribution in [3.05, 3.63) is 22.7 Å². The summed E-state index contributed by atoms with van der Waals surface area (Å²) in [6.07, 6.45) is 0. The molecule has 0 aliphatic carbocycles. The van der Waals surface area contributed by atoms with E-state index in [4.69, 9.17) is 4.74 Å². The first-order chi connectivity index (χ1) is 7.24. The Kier molecular flexibility index (Phi) is 2.88. The highest BCUT2D eigenvalue weighted by Gasteiger charge is 2.08. The van der Waals surface area contributed by atoms with Crippen LogP contribution >= 0.6 is 11.3 Å². The number of nitrogens with zero attached hydrogens (tertiary/aromatic N) is 1. The summed E-state index contributed by atoms with van der Waals surface area (Å²) in [6.45, 7) is 2.88. The number of hydrogen-bond acceptors (Lipinski definition) is 4. The SMILES string of the molecule is CNCc1nc2c(OC)cc(C)cc2s1. The van der Waals surface area contributed by atoms with E-state index in [-0.39, 0.29) is 0 Å². The highest BCUT2D eigenvalue weighted by atomic mass is 32.1. The maximum Gasteiger partial charge on any atom is 0.146 e. The van der Waals surface area contributed by atoms with Crippen molar-refractivity contribution in [3.8, 4) is 5.75 Å². The average Bonchev–Trinajstić information content (AvgIpc) is 2.59. The Bertz CT molecular complexity index is 479. The van der Waals surface area contributed by atoms with Crippen LogP contribution in [0.3, 0.4) is 0 Å². The van der Waals surface area contributed by atoms with Gasteiger partial charge in [-0.2, -0.15) is 0 Å². The van der Waals surface area contributed by atoms with Crippen molar-refractivity contribution in [3.63, 3.8) is 0 Å². The van der Waals surface area contributed by atoms with Crippen LogP contribution in [0.5, 0.6) is 5.75 Å². The largest absolute Gasteiger partial charge is 0.494 e. The number of rotatable bonds is 3. The van der Waals surface area contributed by atoms with Gasteiger partial charge in [-0.15, -0.1) is 11.3 Å². The number of fused-ring (bicyclic) bond motifs is 1. The van der Waals surface area contributed by atoms with Crippen LogP contribution in [0, 0.1) is 6.92 Å².